The van der Waals surface area contributed by atoms with E-state index < -0.39 is 0 Å². The molecular formula is C24H29N6O2. The highest BCUT2D eigenvalue weighted by Crippen LogP contribution is 2.33. The van der Waals surface area contributed by atoms with Crippen LogP contribution in [0.4, 0.5) is 23.0 Å². The van der Waals surface area contributed by atoms with Crippen molar-refractivity contribution in [1.82, 2.24) is 14.6 Å². The van der Waals surface area contributed by atoms with Gasteiger partial charge in [-0.25, -0.2) is 4.98 Å². The second-order valence-electron chi connectivity index (χ2n) is 7.81. The van der Waals surface area contributed by atoms with Crippen molar-refractivity contribution in [3.05, 3.63) is 60.8 Å². The van der Waals surface area contributed by atoms with Gasteiger partial charge in [0.1, 0.15) is 11.6 Å². The van der Waals surface area contributed by atoms with Gasteiger partial charge in [0.15, 0.2) is 5.65 Å². The van der Waals surface area contributed by atoms with Crippen LogP contribution in [0.15, 0.2) is 49.2 Å². The predicted molar refractivity (Wildman–Crippen MR) is 127 cm³/mol. The van der Waals surface area contributed by atoms with Gasteiger partial charge >= 0.3 is 0 Å². The molecule has 1 aromatic carbocycles. The van der Waals surface area contributed by atoms with E-state index in [2.05, 4.69) is 34.1 Å². The van der Waals surface area contributed by atoms with Gasteiger partial charge in [-0.15, -0.1) is 0 Å². The summed E-state index contributed by atoms with van der Waals surface area (Å²) in [6.07, 6.45) is 7.78. The smallest absolute Gasteiger partial charge is 0.247 e. The van der Waals surface area contributed by atoms with Crippen LogP contribution in [0.5, 0.6) is 0 Å². The monoisotopic (exact) mass is 433 g/mol. The van der Waals surface area contributed by atoms with Crippen molar-refractivity contribution >= 4 is 34.6 Å². The Labute approximate surface area is 188 Å². The molecule has 1 aliphatic heterocycles. The van der Waals surface area contributed by atoms with E-state index in [0.29, 0.717) is 12.1 Å². The summed E-state index contributed by atoms with van der Waals surface area (Å²) in [5.74, 6) is 1.38. The third-order valence-corrected chi connectivity index (χ3v) is 5.66. The maximum Gasteiger partial charge on any atom is 0.247 e. The van der Waals surface area contributed by atoms with Crippen LogP contribution in [0.3, 0.4) is 0 Å². The van der Waals surface area contributed by atoms with E-state index in [1.54, 1.807) is 0 Å². The van der Waals surface area contributed by atoms with Gasteiger partial charge in [0.05, 0.1) is 12.2 Å². The number of carbonyl (C=O) groups excluding carboxylic acids is 1. The van der Waals surface area contributed by atoms with E-state index in [1.165, 1.54) is 12.1 Å². The number of nitrogens with one attached hydrogen (secondary N) is 2. The molecule has 3 heterocycles. The molecule has 1 amide bonds. The van der Waals surface area contributed by atoms with Gasteiger partial charge in [0.2, 0.25) is 5.91 Å². The van der Waals surface area contributed by atoms with Crippen molar-refractivity contribution in [3.8, 4) is 0 Å². The highest BCUT2D eigenvalue weighted by molar-refractivity contribution is 5.99. The lowest BCUT2D eigenvalue weighted by molar-refractivity contribution is -0.111. The molecule has 0 unspecified atom stereocenters. The summed E-state index contributed by atoms with van der Waals surface area (Å²) in [6, 6.07) is 10.7. The second-order valence-corrected chi connectivity index (χ2v) is 7.81. The number of carbonyl (C=O) groups is 1. The molecule has 1 saturated heterocycles. The Balaban J connectivity index is 1.72. The Bertz CT molecular complexity index is 1110. The Morgan fingerprint density at radius 2 is 2.12 bits per heavy atom. The summed E-state index contributed by atoms with van der Waals surface area (Å²) in [6.45, 7) is 6.61. The molecule has 4 rings (SSSR count). The van der Waals surface area contributed by atoms with Gasteiger partial charge < -0.3 is 20.6 Å². The number of amides is 1. The second kappa shape index (κ2) is 9.82. The Morgan fingerprint density at radius 1 is 1.28 bits per heavy atom. The van der Waals surface area contributed by atoms with Crippen LogP contribution in [-0.4, -0.2) is 38.8 Å². The summed E-state index contributed by atoms with van der Waals surface area (Å²) in [5.41, 5.74) is 3.38. The highest BCUT2D eigenvalue weighted by atomic mass is 16.3. The van der Waals surface area contributed by atoms with E-state index >= 15 is 0 Å². The molecule has 3 N–H and O–H groups in total. The van der Waals surface area contributed by atoms with Gasteiger partial charge in [0, 0.05) is 36.2 Å². The number of aromatic nitrogens is 3. The lowest BCUT2D eigenvalue weighted by Crippen LogP contribution is -2.34. The van der Waals surface area contributed by atoms with Crippen LogP contribution in [-0.2, 0) is 11.2 Å². The molecule has 8 nitrogen and oxygen atoms in total. The van der Waals surface area contributed by atoms with Crippen LogP contribution in [0.1, 0.15) is 38.2 Å². The first-order valence-corrected chi connectivity index (χ1v) is 11.0. The van der Waals surface area contributed by atoms with Crippen LogP contribution in [0.25, 0.3) is 5.65 Å². The normalized spacial score (nSPS) is 14.5. The van der Waals surface area contributed by atoms with Crippen molar-refractivity contribution in [2.24, 2.45) is 0 Å². The van der Waals surface area contributed by atoms with Crippen LogP contribution in [0, 0.1) is 6.04 Å². The predicted octanol–water partition coefficient (Wildman–Crippen LogP) is 4.06. The maximum atomic E-state index is 11.7. The minimum atomic E-state index is -0.257. The maximum absolute atomic E-state index is 11.7. The number of fused-ring (bicyclic) bond motifs is 1. The van der Waals surface area contributed by atoms with Gasteiger partial charge in [-0.2, -0.15) is 9.61 Å². The minimum Gasteiger partial charge on any atom is -0.396 e. The molecule has 2 aromatic heterocycles. The zero-order chi connectivity index (χ0) is 22.5. The highest BCUT2D eigenvalue weighted by Gasteiger charge is 2.25. The standard InChI is InChI=1S/C24H29N6O2/c1-3-17-16-25-30-22(26-18-8-7-9-19(14-18)27-23(32)4-2)15-21(28-24(17)30)29-12-6-5-10-20(29)11-13-31/h4,7-9,14-16,26,31H,2-3,5-6,10-13H2,1H3,(H,27,32). The number of rotatable bonds is 8. The van der Waals surface area contributed by atoms with Gasteiger partial charge in [-0.3, -0.25) is 4.79 Å². The van der Waals surface area contributed by atoms with Crippen molar-refractivity contribution < 1.29 is 9.90 Å². The summed E-state index contributed by atoms with van der Waals surface area (Å²) < 4.78 is 1.81. The summed E-state index contributed by atoms with van der Waals surface area (Å²) in [7, 11) is 0. The number of nitrogens with zero attached hydrogens (tertiary/aromatic N) is 4. The first kappa shape index (κ1) is 21.8. The molecule has 32 heavy (non-hydrogen) atoms. The average molecular weight is 434 g/mol. The number of aryl methyl sites for hydroxylation is 1. The fraction of sp³-hybridized carbons (Fsp3) is 0.333. The molecule has 1 fully saturated rings. The van der Waals surface area contributed by atoms with Gasteiger partial charge in [0.25, 0.3) is 0 Å². The topological polar surface area (TPSA) is 94.8 Å². The number of anilines is 4. The molecule has 167 valence electrons. The fourth-order valence-electron chi connectivity index (χ4n) is 4.05. The molecule has 0 saturated carbocycles. The molecule has 0 bridgehead atoms. The number of piperidine rings is 1. The lowest BCUT2D eigenvalue weighted by Gasteiger charge is -2.35. The van der Waals surface area contributed by atoms with Crippen LogP contribution in [0.2, 0.25) is 0 Å². The molecule has 0 spiro atoms. The van der Waals surface area contributed by atoms with Gasteiger partial charge in [-0.1, -0.05) is 19.6 Å². The zero-order valence-electron chi connectivity index (χ0n) is 18.3. The van der Waals surface area contributed by atoms with E-state index in [1.807, 2.05) is 41.0 Å². The fourth-order valence-corrected chi connectivity index (χ4v) is 4.05. The largest absolute Gasteiger partial charge is 0.396 e. The molecule has 1 aliphatic rings. The molecule has 1 radical (unpaired) electrons. The van der Waals surface area contributed by atoms with Crippen molar-refractivity contribution in [3.63, 3.8) is 0 Å². The first-order valence-electron chi connectivity index (χ1n) is 11.0. The van der Waals surface area contributed by atoms with Crippen molar-refractivity contribution in [2.75, 3.05) is 28.7 Å². The summed E-state index contributed by atoms with van der Waals surface area (Å²) in [5, 5.41) is 20.3. The number of aliphatic hydroxyl groups is 1. The molecule has 3 aromatic rings. The van der Waals surface area contributed by atoms with Crippen molar-refractivity contribution in [2.45, 2.75) is 39.0 Å². The third kappa shape index (κ3) is 4.60. The first-order chi connectivity index (χ1) is 15.6. The third-order valence-electron chi connectivity index (χ3n) is 5.66. The van der Waals surface area contributed by atoms with E-state index in [-0.39, 0.29) is 12.5 Å². The van der Waals surface area contributed by atoms with E-state index in [4.69, 9.17) is 4.98 Å². The molecule has 0 aliphatic carbocycles. The zero-order valence-corrected chi connectivity index (χ0v) is 18.3. The SMILES string of the molecule is C=CC(=O)Nc1cccc(Nc2cc(N3CCCC[C]3CCO)nc3c(CC)cnn23)c1. The van der Waals surface area contributed by atoms with E-state index in [9.17, 15) is 9.90 Å². The number of hydrogen-bond acceptors (Lipinski definition) is 6. The molecule has 8 heteroatoms. The minimum absolute atomic E-state index is 0.134. The van der Waals surface area contributed by atoms with E-state index in [0.717, 1.165) is 60.8 Å². The van der Waals surface area contributed by atoms with Crippen LogP contribution < -0.4 is 15.5 Å². The van der Waals surface area contributed by atoms with Gasteiger partial charge in [-0.05, 0) is 56.4 Å². The lowest BCUT2D eigenvalue weighted by atomic mass is 9.99. The Morgan fingerprint density at radius 3 is 2.91 bits per heavy atom. The molecular weight excluding hydrogens is 404 g/mol. The number of aliphatic hydroxyl groups excluding tert-OH is 1. The molecule has 0 atom stereocenters. The Kier molecular flexibility index (Phi) is 6.70. The van der Waals surface area contributed by atoms with Crippen molar-refractivity contribution in [1.29, 1.82) is 0 Å². The number of hydrogen-bond donors (Lipinski definition) is 3. The summed E-state index contributed by atoms with van der Waals surface area (Å²) in [4.78, 5) is 18.9. The number of benzene rings is 1. The van der Waals surface area contributed by atoms with Crippen LogP contribution >= 0.6 is 0 Å². The Hall–Kier alpha value is -3.39. The quantitative estimate of drug-likeness (QED) is 0.464. The average Bonchev–Trinajstić information content (AvgIpc) is 3.23. The summed E-state index contributed by atoms with van der Waals surface area (Å²) >= 11 is 0.